The molecule has 1 rings (SSSR count). The summed E-state index contributed by atoms with van der Waals surface area (Å²) in [5.74, 6) is 0. The Hall–Kier alpha value is -0.340. The van der Waals surface area contributed by atoms with Crippen LogP contribution in [0.4, 0.5) is 0 Å². The molecule has 0 aromatic rings. The highest BCUT2D eigenvalue weighted by Crippen LogP contribution is 2.07. The van der Waals surface area contributed by atoms with E-state index in [0.29, 0.717) is 6.04 Å². The molecule has 12 heavy (non-hydrogen) atoms. The van der Waals surface area contributed by atoms with Crippen molar-refractivity contribution >= 4 is 0 Å². The Labute approximate surface area is 75.4 Å². The third-order valence-corrected chi connectivity index (χ3v) is 2.61. The SMILES string of the molecule is CCC(C)NCC(C)=C1CNC1. The molecule has 0 amide bonds. The first-order chi connectivity index (χ1) is 5.74. The summed E-state index contributed by atoms with van der Waals surface area (Å²) in [6.07, 6.45) is 1.21. The lowest BCUT2D eigenvalue weighted by Gasteiger charge is -2.23. The Bertz CT molecular complexity index is 167. The van der Waals surface area contributed by atoms with Crippen LogP contribution in [0.5, 0.6) is 0 Å². The molecular formula is C10H20N2. The Morgan fingerprint density at radius 1 is 1.58 bits per heavy atom. The van der Waals surface area contributed by atoms with Crippen molar-refractivity contribution in [3.8, 4) is 0 Å². The fraction of sp³-hybridized carbons (Fsp3) is 0.800. The summed E-state index contributed by atoms with van der Waals surface area (Å²) in [5, 5.41) is 6.75. The monoisotopic (exact) mass is 168 g/mol. The molecule has 1 aliphatic rings. The zero-order chi connectivity index (χ0) is 8.97. The lowest BCUT2D eigenvalue weighted by Crippen LogP contribution is -2.37. The zero-order valence-corrected chi connectivity index (χ0v) is 8.41. The van der Waals surface area contributed by atoms with E-state index in [1.807, 2.05) is 0 Å². The molecule has 1 fully saturated rings. The van der Waals surface area contributed by atoms with Gasteiger partial charge in [-0.3, -0.25) is 0 Å². The van der Waals surface area contributed by atoms with Gasteiger partial charge in [0.25, 0.3) is 0 Å². The van der Waals surface area contributed by atoms with Crippen molar-refractivity contribution in [2.24, 2.45) is 0 Å². The third kappa shape index (κ3) is 2.61. The summed E-state index contributed by atoms with van der Waals surface area (Å²) >= 11 is 0. The fourth-order valence-electron chi connectivity index (χ4n) is 1.15. The minimum atomic E-state index is 0.647. The third-order valence-electron chi connectivity index (χ3n) is 2.61. The van der Waals surface area contributed by atoms with Gasteiger partial charge in [-0.1, -0.05) is 12.5 Å². The molecule has 1 saturated heterocycles. The summed E-state index contributed by atoms with van der Waals surface area (Å²) in [4.78, 5) is 0. The van der Waals surface area contributed by atoms with Gasteiger partial charge < -0.3 is 10.6 Å². The number of rotatable bonds is 4. The van der Waals surface area contributed by atoms with Crippen molar-refractivity contribution < 1.29 is 0 Å². The minimum absolute atomic E-state index is 0.647. The van der Waals surface area contributed by atoms with Gasteiger partial charge in [0.05, 0.1) is 0 Å². The molecule has 1 unspecified atom stereocenters. The van der Waals surface area contributed by atoms with E-state index in [1.165, 1.54) is 12.0 Å². The maximum absolute atomic E-state index is 3.50. The topological polar surface area (TPSA) is 24.1 Å². The fourth-order valence-corrected chi connectivity index (χ4v) is 1.15. The second kappa shape index (κ2) is 4.63. The molecule has 1 aliphatic heterocycles. The number of nitrogens with one attached hydrogen (secondary N) is 2. The van der Waals surface area contributed by atoms with Crippen LogP contribution in [0.3, 0.4) is 0 Å². The summed E-state index contributed by atoms with van der Waals surface area (Å²) in [6, 6.07) is 0.647. The average molecular weight is 168 g/mol. The highest BCUT2D eigenvalue weighted by molar-refractivity contribution is 5.22. The van der Waals surface area contributed by atoms with Crippen molar-refractivity contribution in [1.82, 2.24) is 10.6 Å². The van der Waals surface area contributed by atoms with Gasteiger partial charge in [-0.05, 0) is 25.8 Å². The number of hydrogen-bond donors (Lipinski definition) is 2. The van der Waals surface area contributed by atoms with E-state index in [0.717, 1.165) is 19.6 Å². The second-order valence-corrected chi connectivity index (χ2v) is 3.68. The van der Waals surface area contributed by atoms with Gasteiger partial charge in [0.2, 0.25) is 0 Å². The van der Waals surface area contributed by atoms with E-state index in [2.05, 4.69) is 31.4 Å². The second-order valence-electron chi connectivity index (χ2n) is 3.68. The molecule has 1 atom stereocenters. The molecule has 70 valence electrons. The van der Waals surface area contributed by atoms with Gasteiger partial charge in [-0.25, -0.2) is 0 Å². The molecule has 0 spiro atoms. The van der Waals surface area contributed by atoms with Crippen LogP contribution in [0.2, 0.25) is 0 Å². The molecule has 2 N–H and O–H groups in total. The largest absolute Gasteiger partial charge is 0.311 e. The summed E-state index contributed by atoms with van der Waals surface area (Å²) in [5.41, 5.74) is 3.11. The minimum Gasteiger partial charge on any atom is -0.311 e. The Morgan fingerprint density at radius 3 is 2.67 bits per heavy atom. The van der Waals surface area contributed by atoms with Crippen molar-refractivity contribution in [2.45, 2.75) is 33.2 Å². The predicted octanol–water partition coefficient (Wildman–Crippen LogP) is 1.29. The van der Waals surface area contributed by atoms with Crippen LogP contribution in [-0.2, 0) is 0 Å². The first-order valence-corrected chi connectivity index (χ1v) is 4.85. The van der Waals surface area contributed by atoms with E-state index in [9.17, 15) is 0 Å². The molecule has 0 radical (unpaired) electrons. The van der Waals surface area contributed by atoms with E-state index in [1.54, 1.807) is 5.57 Å². The molecule has 0 saturated carbocycles. The molecular weight excluding hydrogens is 148 g/mol. The number of hydrogen-bond acceptors (Lipinski definition) is 2. The van der Waals surface area contributed by atoms with E-state index in [4.69, 9.17) is 0 Å². The van der Waals surface area contributed by atoms with Crippen molar-refractivity contribution in [1.29, 1.82) is 0 Å². The van der Waals surface area contributed by atoms with Crippen LogP contribution in [0, 0.1) is 0 Å². The van der Waals surface area contributed by atoms with Crippen LogP contribution in [-0.4, -0.2) is 25.7 Å². The molecule has 0 aromatic carbocycles. The van der Waals surface area contributed by atoms with Crippen LogP contribution < -0.4 is 10.6 Å². The van der Waals surface area contributed by atoms with Crippen molar-refractivity contribution in [3.05, 3.63) is 11.1 Å². The zero-order valence-electron chi connectivity index (χ0n) is 8.41. The highest BCUT2D eigenvalue weighted by atomic mass is 14.9. The first-order valence-electron chi connectivity index (χ1n) is 4.85. The highest BCUT2D eigenvalue weighted by Gasteiger charge is 2.10. The van der Waals surface area contributed by atoms with Gasteiger partial charge in [-0.15, -0.1) is 0 Å². The van der Waals surface area contributed by atoms with Gasteiger partial charge in [0.1, 0.15) is 0 Å². The first kappa shape index (κ1) is 9.75. The van der Waals surface area contributed by atoms with Gasteiger partial charge in [0, 0.05) is 25.7 Å². The standard InChI is InChI=1S/C10H20N2/c1-4-9(3)12-5-8(2)10-6-11-7-10/h9,11-12H,4-7H2,1-3H3. The van der Waals surface area contributed by atoms with E-state index >= 15 is 0 Å². The Kier molecular flexibility index (Phi) is 3.76. The maximum Gasteiger partial charge on any atom is 0.0183 e. The predicted molar refractivity (Wildman–Crippen MR) is 53.3 cm³/mol. The van der Waals surface area contributed by atoms with Crippen LogP contribution in [0.15, 0.2) is 11.1 Å². The normalized spacial score (nSPS) is 18.8. The summed E-state index contributed by atoms with van der Waals surface area (Å²) in [6.45, 7) is 9.95. The Morgan fingerprint density at radius 2 is 2.25 bits per heavy atom. The average Bonchev–Trinajstić information content (AvgIpc) is 1.97. The van der Waals surface area contributed by atoms with Crippen LogP contribution in [0.25, 0.3) is 0 Å². The molecule has 0 aliphatic carbocycles. The quantitative estimate of drug-likeness (QED) is 0.618. The van der Waals surface area contributed by atoms with Crippen LogP contribution in [0.1, 0.15) is 27.2 Å². The Balaban J connectivity index is 2.22. The van der Waals surface area contributed by atoms with E-state index in [-0.39, 0.29) is 0 Å². The molecule has 2 nitrogen and oxygen atoms in total. The molecule has 1 heterocycles. The molecule has 0 bridgehead atoms. The molecule has 0 aromatic heterocycles. The van der Waals surface area contributed by atoms with Crippen molar-refractivity contribution in [3.63, 3.8) is 0 Å². The lowest BCUT2D eigenvalue weighted by molar-refractivity contribution is 0.551. The maximum atomic E-state index is 3.50. The van der Waals surface area contributed by atoms with Crippen LogP contribution >= 0.6 is 0 Å². The van der Waals surface area contributed by atoms with Gasteiger partial charge >= 0.3 is 0 Å². The summed E-state index contributed by atoms with van der Waals surface area (Å²) < 4.78 is 0. The molecule has 2 heteroatoms. The van der Waals surface area contributed by atoms with Crippen molar-refractivity contribution in [2.75, 3.05) is 19.6 Å². The van der Waals surface area contributed by atoms with Gasteiger partial charge in [-0.2, -0.15) is 0 Å². The summed E-state index contributed by atoms with van der Waals surface area (Å²) in [7, 11) is 0. The van der Waals surface area contributed by atoms with E-state index < -0.39 is 0 Å². The smallest absolute Gasteiger partial charge is 0.0183 e. The van der Waals surface area contributed by atoms with Gasteiger partial charge in [0.15, 0.2) is 0 Å². The lowest BCUT2D eigenvalue weighted by atomic mass is 10.0.